The third-order valence-corrected chi connectivity index (χ3v) is 5.50. The van der Waals surface area contributed by atoms with Gasteiger partial charge in [0.25, 0.3) is 0 Å². The quantitative estimate of drug-likeness (QED) is 0.628. The Kier molecular flexibility index (Phi) is 7.23. The van der Waals surface area contributed by atoms with Gasteiger partial charge in [0, 0.05) is 36.4 Å². The van der Waals surface area contributed by atoms with Gasteiger partial charge in [0.05, 0.1) is 11.0 Å². The maximum atomic E-state index is 4.91. The number of hydrogen-bond donors (Lipinski definition) is 1. The molecule has 0 spiro atoms. The van der Waals surface area contributed by atoms with E-state index in [9.17, 15) is 0 Å². The lowest BCUT2D eigenvalue weighted by Crippen LogP contribution is -2.34. The van der Waals surface area contributed by atoms with Crippen LogP contribution in [0.25, 0.3) is 16.8 Å². The third-order valence-electron chi connectivity index (χ3n) is 5.50. The zero-order valence-electron chi connectivity index (χ0n) is 16.6. The van der Waals surface area contributed by atoms with Crippen molar-refractivity contribution in [2.45, 2.75) is 70.9 Å². The Hall–Kier alpha value is -1.23. The summed E-state index contributed by atoms with van der Waals surface area (Å²) in [6, 6.07) is 9.12. The van der Waals surface area contributed by atoms with Crippen LogP contribution >= 0.6 is 24.8 Å². The predicted molar refractivity (Wildman–Crippen MR) is 119 cm³/mol. The van der Waals surface area contributed by atoms with Crippen LogP contribution < -0.4 is 5.32 Å². The Morgan fingerprint density at radius 3 is 2.48 bits per heavy atom. The van der Waals surface area contributed by atoms with E-state index >= 15 is 0 Å². The lowest BCUT2D eigenvalue weighted by molar-refractivity contribution is 0.366. The minimum atomic E-state index is 0. The van der Waals surface area contributed by atoms with Crippen LogP contribution in [-0.4, -0.2) is 26.5 Å². The molecule has 0 saturated heterocycles. The van der Waals surface area contributed by atoms with E-state index in [1.165, 1.54) is 43.3 Å². The fourth-order valence-corrected chi connectivity index (χ4v) is 4.16. The van der Waals surface area contributed by atoms with Crippen LogP contribution in [0.15, 0.2) is 30.5 Å². The molecule has 1 aromatic carbocycles. The molecule has 150 valence electrons. The summed E-state index contributed by atoms with van der Waals surface area (Å²) in [5.74, 6) is 1.07. The van der Waals surface area contributed by atoms with Gasteiger partial charge in [-0.2, -0.15) is 0 Å². The molecule has 1 saturated carbocycles. The molecule has 27 heavy (non-hydrogen) atoms. The molecule has 1 N–H and O–H groups in total. The van der Waals surface area contributed by atoms with Crippen LogP contribution in [-0.2, 0) is 12.0 Å². The van der Waals surface area contributed by atoms with E-state index < -0.39 is 0 Å². The van der Waals surface area contributed by atoms with Gasteiger partial charge in [0.15, 0.2) is 0 Å². The first-order chi connectivity index (χ1) is 12.0. The van der Waals surface area contributed by atoms with Crippen molar-refractivity contribution in [3.63, 3.8) is 0 Å². The van der Waals surface area contributed by atoms with Gasteiger partial charge in [-0.1, -0.05) is 52.2 Å². The van der Waals surface area contributed by atoms with Crippen molar-refractivity contribution in [1.29, 1.82) is 0 Å². The normalized spacial score (nSPS) is 15.7. The van der Waals surface area contributed by atoms with Gasteiger partial charge in [-0.05, 0) is 25.0 Å². The molecule has 0 amide bonds. The number of nitrogens with zero attached hydrogens (tertiary/aromatic N) is 3. The Morgan fingerprint density at radius 1 is 1.07 bits per heavy atom. The molecular weight excluding hydrogens is 379 g/mol. The second kappa shape index (κ2) is 8.85. The van der Waals surface area contributed by atoms with Crippen molar-refractivity contribution in [1.82, 2.24) is 19.3 Å². The topological polar surface area (TPSA) is 34.3 Å². The van der Waals surface area contributed by atoms with Crippen LogP contribution in [0, 0.1) is 0 Å². The number of aromatic nitrogens is 3. The first-order valence-electron chi connectivity index (χ1n) is 9.74. The van der Waals surface area contributed by atoms with E-state index in [4.69, 9.17) is 4.98 Å². The summed E-state index contributed by atoms with van der Waals surface area (Å²) < 4.78 is 4.67. The molecule has 0 aliphatic heterocycles. The van der Waals surface area contributed by atoms with Gasteiger partial charge >= 0.3 is 0 Å². The van der Waals surface area contributed by atoms with Crippen LogP contribution in [0.2, 0.25) is 0 Å². The van der Waals surface area contributed by atoms with Crippen molar-refractivity contribution in [2.24, 2.45) is 0 Å². The SMILES string of the molecule is CC(C)(C)c1cn2c3ccccc3nc2n1CCNC1CCCCC1.Cl.Cl. The highest BCUT2D eigenvalue weighted by Gasteiger charge is 2.23. The molecule has 6 heteroatoms. The largest absolute Gasteiger partial charge is 0.312 e. The molecular formula is C21H32Cl2N4. The van der Waals surface area contributed by atoms with E-state index in [0.29, 0.717) is 6.04 Å². The number of imidazole rings is 2. The lowest BCUT2D eigenvalue weighted by Gasteiger charge is -2.24. The molecule has 0 radical (unpaired) electrons. The van der Waals surface area contributed by atoms with Crippen LogP contribution in [0.5, 0.6) is 0 Å². The van der Waals surface area contributed by atoms with E-state index in [0.717, 1.165) is 24.4 Å². The van der Waals surface area contributed by atoms with E-state index in [1.54, 1.807) is 0 Å². The molecule has 0 atom stereocenters. The summed E-state index contributed by atoms with van der Waals surface area (Å²) in [7, 11) is 0. The molecule has 1 fully saturated rings. The molecule has 0 unspecified atom stereocenters. The van der Waals surface area contributed by atoms with Crippen molar-refractivity contribution in [3.05, 3.63) is 36.2 Å². The Labute approximate surface area is 174 Å². The number of para-hydroxylation sites is 2. The van der Waals surface area contributed by atoms with E-state index in [1.807, 2.05) is 0 Å². The van der Waals surface area contributed by atoms with E-state index in [2.05, 4.69) is 65.5 Å². The number of halogens is 2. The highest BCUT2D eigenvalue weighted by atomic mass is 35.5. The lowest BCUT2D eigenvalue weighted by atomic mass is 9.92. The van der Waals surface area contributed by atoms with Crippen molar-refractivity contribution >= 4 is 41.6 Å². The molecule has 2 heterocycles. The fourth-order valence-electron chi connectivity index (χ4n) is 4.16. The van der Waals surface area contributed by atoms with Crippen LogP contribution in [0.3, 0.4) is 0 Å². The minimum absolute atomic E-state index is 0. The summed E-state index contributed by atoms with van der Waals surface area (Å²) in [6.07, 6.45) is 9.12. The molecule has 0 bridgehead atoms. The smallest absolute Gasteiger partial charge is 0.215 e. The zero-order chi connectivity index (χ0) is 17.4. The molecule has 4 rings (SSSR count). The zero-order valence-corrected chi connectivity index (χ0v) is 18.2. The van der Waals surface area contributed by atoms with Gasteiger partial charge in [-0.3, -0.25) is 4.40 Å². The molecule has 1 aliphatic carbocycles. The summed E-state index contributed by atoms with van der Waals surface area (Å²) >= 11 is 0. The first-order valence-corrected chi connectivity index (χ1v) is 9.74. The molecule has 1 aliphatic rings. The summed E-state index contributed by atoms with van der Waals surface area (Å²) in [6.45, 7) is 8.85. The second-order valence-electron chi connectivity index (χ2n) is 8.48. The standard InChI is InChI=1S/C21H30N4.2ClH/c1-21(2,3)19-15-25-18-12-8-7-11-17(18)23-20(25)24(19)14-13-22-16-9-5-4-6-10-16;;/h7-8,11-12,15-16,22H,4-6,9-10,13-14H2,1-3H3;2*1H. The van der Waals surface area contributed by atoms with E-state index in [-0.39, 0.29) is 30.2 Å². The molecule has 4 nitrogen and oxygen atoms in total. The summed E-state index contributed by atoms with van der Waals surface area (Å²) in [5, 5.41) is 3.78. The average molecular weight is 411 g/mol. The molecule has 3 aromatic rings. The Morgan fingerprint density at radius 2 is 1.78 bits per heavy atom. The second-order valence-corrected chi connectivity index (χ2v) is 8.48. The highest BCUT2D eigenvalue weighted by molar-refractivity contribution is 5.85. The number of nitrogens with one attached hydrogen (secondary N) is 1. The fraction of sp³-hybridized carbons (Fsp3) is 0.571. The first kappa shape index (κ1) is 22.1. The maximum absolute atomic E-state index is 4.91. The predicted octanol–water partition coefficient (Wildman–Crippen LogP) is 5.35. The van der Waals surface area contributed by atoms with Gasteiger partial charge in [0.2, 0.25) is 5.78 Å². The molecule has 2 aromatic heterocycles. The van der Waals surface area contributed by atoms with Gasteiger partial charge in [-0.25, -0.2) is 4.98 Å². The van der Waals surface area contributed by atoms with Gasteiger partial charge in [0.1, 0.15) is 0 Å². The van der Waals surface area contributed by atoms with Crippen molar-refractivity contribution in [3.8, 4) is 0 Å². The van der Waals surface area contributed by atoms with Gasteiger partial charge in [-0.15, -0.1) is 24.8 Å². The highest BCUT2D eigenvalue weighted by Crippen LogP contribution is 2.27. The summed E-state index contributed by atoms with van der Waals surface area (Å²) in [5.41, 5.74) is 3.73. The van der Waals surface area contributed by atoms with Gasteiger partial charge < -0.3 is 9.88 Å². The minimum Gasteiger partial charge on any atom is -0.312 e. The Balaban J connectivity index is 0.00000131. The maximum Gasteiger partial charge on any atom is 0.215 e. The van der Waals surface area contributed by atoms with Crippen molar-refractivity contribution in [2.75, 3.05) is 6.54 Å². The van der Waals surface area contributed by atoms with Crippen LogP contribution in [0.1, 0.15) is 58.6 Å². The Bertz CT molecular complexity index is 869. The third kappa shape index (κ3) is 4.44. The summed E-state index contributed by atoms with van der Waals surface area (Å²) in [4.78, 5) is 4.91. The van der Waals surface area contributed by atoms with Crippen LogP contribution in [0.4, 0.5) is 0 Å². The number of benzene rings is 1. The van der Waals surface area contributed by atoms with Crippen molar-refractivity contribution < 1.29 is 0 Å². The monoisotopic (exact) mass is 410 g/mol. The number of fused-ring (bicyclic) bond motifs is 3. The average Bonchev–Trinajstić information content (AvgIpc) is 3.12. The number of rotatable bonds is 4. The number of hydrogen-bond acceptors (Lipinski definition) is 2.